The van der Waals surface area contributed by atoms with Gasteiger partial charge in [0.2, 0.25) is 0 Å². The normalized spacial score (nSPS) is 17.2. The number of aromatic carboxylic acids is 1. The maximum Gasteiger partial charge on any atom is 0.354 e. The van der Waals surface area contributed by atoms with E-state index in [4.69, 9.17) is 5.11 Å². The number of aromatic nitrogens is 2. The first kappa shape index (κ1) is 11.6. The maximum atomic E-state index is 11.8. The zero-order chi connectivity index (χ0) is 12.5. The molecule has 0 saturated heterocycles. The van der Waals surface area contributed by atoms with Crippen molar-refractivity contribution in [2.24, 2.45) is 0 Å². The number of rotatable bonds is 4. The number of imidazole rings is 1. The standard InChI is InChI=1S/C10H13N3O4/c14-4-10(2-1-3-10)13-8(15)6-7(9(16)17)12-5-11-6/h5,14H,1-4H2,(H,11,12)(H,13,15)(H,16,17). The second-order valence-corrected chi connectivity index (χ2v) is 4.18. The summed E-state index contributed by atoms with van der Waals surface area (Å²) in [7, 11) is 0. The van der Waals surface area contributed by atoms with E-state index in [0.717, 1.165) is 12.7 Å². The predicted molar refractivity (Wildman–Crippen MR) is 56.7 cm³/mol. The first-order valence-electron chi connectivity index (χ1n) is 5.28. The average molecular weight is 239 g/mol. The zero-order valence-corrected chi connectivity index (χ0v) is 9.06. The fraction of sp³-hybridized carbons (Fsp3) is 0.500. The lowest BCUT2D eigenvalue weighted by Gasteiger charge is -2.40. The summed E-state index contributed by atoms with van der Waals surface area (Å²) in [6, 6.07) is 0. The number of H-pyrrole nitrogens is 1. The van der Waals surface area contributed by atoms with Crippen LogP contribution in [0.4, 0.5) is 0 Å². The van der Waals surface area contributed by atoms with Crippen LogP contribution in [0.5, 0.6) is 0 Å². The number of carboxylic acids is 1. The van der Waals surface area contributed by atoms with Crippen molar-refractivity contribution in [3.05, 3.63) is 17.7 Å². The maximum absolute atomic E-state index is 11.8. The van der Waals surface area contributed by atoms with Crippen molar-refractivity contribution < 1.29 is 19.8 Å². The Kier molecular flexibility index (Phi) is 2.84. The van der Waals surface area contributed by atoms with Gasteiger partial charge in [-0.2, -0.15) is 0 Å². The van der Waals surface area contributed by atoms with Gasteiger partial charge in [0.25, 0.3) is 5.91 Å². The number of aliphatic hydroxyl groups is 1. The Hall–Kier alpha value is -1.89. The fourth-order valence-electron chi connectivity index (χ4n) is 1.86. The Bertz CT molecular complexity index is 445. The van der Waals surface area contributed by atoms with E-state index in [9.17, 15) is 14.7 Å². The van der Waals surface area contributed by atoms with Crippen molar-refractivity contribution >= 4 is 11.9 Å². The van der Waals surface area contributed by atoms with E-state index in [-0.39, 0.29) is 18.0 Å². The Labute approximate surface area is 96.9 Å². The summed E-state index contributed by atoms with van der Waals surface area (Å²) >= 11 is 0. The molecule has 1 fully saturated rings. The molecule has 0 unspecified atom stereocenters. The third-order valence-corrected chi connectivity index (χ3v) is 3.06. The van der Waals surface area contributed by atoms with Crippen LogP contribution in [0.25, 0.3) is 0 Å². The molecule has 0 atom stereocenters. The molecule has 7 nitrogen and oxygen atoms in total. The quantitative estimate of drug-likeness (QED) is 0.578. The summed E-state index contributed by atoms with van der Waals surface area (Å²) in [5.41, 5.74) is -1.00. The molecule has 0 bridgehead atoms. The first-order valence-corrected chi connectivity index (χ1v) is 5.28. The van der Waals surface area contributed by atoms with E-state index < -0.39 is 17.4 Å². The van der Waals surface area contributed by atoms with Gasteiger partial charge in [-0.3, -0.25) is 4.79 Å². The highest BCUT2D eigenvalue weighted by Crippen LogP contribution is 2.31. The molecule has 1 aliphatic carbocycles. The number of hydrogen-bond donors (Lipinski definition) is 4. The highest BCUT2D eigenvalue weighted by Gasteiger charge is 2.38. The summed E-state index contributed by atoms with van der Waals surface area (Å²) in [5, 5.41) is 20.7. The van der Waals surface area contributed by atoms with E-state index in [1.807, 2.05) is 0 Å². The van der Waals surface area contributed by atoms with Gasteiger partial charge < -0.3 is 20.5 Å². The van der Waals surface area contributed by atoms with Crippen LogP contribution in [0, 0.1) is 0 Å². The minimum Gasteiger partial charge on any atom is -0.477 e. The van der Waals surface area contributed by atoms with Crippen LogP contribution >= 0.6 is 0 Å². The second kappa shape index (κ2) is 4.17. The van der Waals surface area contributed by atoms with Gasteiger partial charge in [-0.1, -0.05) is 0 Å². The first-order chi connectivity index (χ1) is 8.08. The molecular weight excluding hydrogens is 226 g/mol. The van der Waals surface area contributed by atoms with Gasteiger partial charge in [0.1, 0.15) is 0 Å². The van der Waals surface area contributed by atoms with Gasteiger partial charge in [-0.15, -0.1) is 0 Å². The molecule has 1 amide bonds. The van der Waals surface area contributed by atoms with Crippen molar-refractivity contribution in [2.45, 2.75) is 24.8 Å². The Morgan fingerprint density at radius 3 is 2.71 bits per heavy atom. The fourth-order valence-corrected chi connectivity index (χ4v) is 1.86. The van der Waals surface area contributed by atoms with Crippen molar-refractivity contribution in [3.8, 4) is 0 Å². The molecule has 0 aromatic carbocycles. The molecule has 2 rings (SSSR count). The SMILES string of the molecule is O=C(NC1(CO)CCC1)c1nc[nH]c1C(=O)O. The molecule has 92 valence electrons. The number of aromatic amines is 1. The van der Waals surface area contributed by atoms with Crippen LogP contribution in [-0.4, -0.2) is 44.2 Å². The molecular formula is C10H13N3O4. The van der Waals surface area contributed by atoms with Crippen LogP contribution in [0.2, 0.25) is 0 Å². The van der Waals surface area contributed by atoms with E-state index in [2.05, 4.69) is 15.3 Å². The van der Waals surface area contributed by atoms with Crippen molar-refractivity contribution in [1.29, 1.82) is 0 Å². The molecule has 1 heterocycles. The summed E-state index contributed by atoms with van der Waals surface area (Å²) < 4.78 is 0. The largest absolute Gasteiger partial charge is 0.477 e. The van der Waals surface area contributed by atoms with E-state index in [1.165, 1.54) is 0 Å². The Morgan fingerprint density at radius 1 is 1.53 bits per heavy atom. The van der Waals surface area contributed by atoms with Crippen molar-refractivity contribution in [3.63, 3.8) is 0 Å². The molecule has 7 heteroatoms. The van der Waals surface area contributed by atoms with Gasteiger partial charge in [0.05, 0.1) is 18.5 Å². The van der Waals surface area contributed by atoms with Crippen molar-refractivity contribution in [2.75, 3.05) is 6.61 Å². The summed E-state index contributed by atoms with van der Waals surface area (Å²) in [6.07, 6.45) is 3.49. The molecule has 4 N–H and O–H groups in total. The monoisotopic (exact) mass is 239 g/mol. The van der Waals surface area contributed by atoms with E-state index in [0.29, 0.717) is 12.8 Å². The van der Waals surface area contributed by atoms with Gasteiger partial charge in [-0.05, 0) is 19.3 Å². The third-order valence-electron chi connectivity index (χ3n) is 3.06. The van der Waals surface area contributed by atoms with Crippen LogP contribution in [0.15, 0.2) is 6.33 Å². The molecule has 1 saturated carbocycles. The molecule has 0 radical (unpaired) electrons. The predicted octanol–water partition coefficient (Wildman–Crippen LogP) is -0.247. The number of carbonyl (C=O) groups excluding carboxylic acids is 1. The van der Waals surface area contributed by atoms with Gasteiger partial charge in [-0.25, -0.2) is 9.78 Å². The van der Waals surface area contributed by atoms with E-state index in [1.54, 1.807) is 0 Å². The lowest BCUT2D eigenvalue weighted by molar-refractivity contribution is 0.0620. The third kappa shape index (κ3) is 2.01. The zero-order valence-electron chi connectivity index (χ0n) is 9.06. The Balaban J connectivity index is 2.14. The van der Waals surface area contributed by atoms with E-state index >= 15 is 0 Å². The van der Waals surface area contributed by atoms with Crippen LogP contribution in [0.3, 0.4) is 0 Å². The van der Waals surface area contributed by atoms with Crippen LogP contribution in [-0.2, 0) is 0 Å². The van der Waals surface area contributed by atoms with Crippen molar-refractivity contribution in [1.82, 2.24) is 15.3 Å². The number of hydrogen-bond acceptors (Lipinski definition) is 4. The number of carboxylic acid groups (broad SMARTS) is 1. The molecule has 17 heavy (non-hydrogen) atoms. The topological polar surface area (TPSA) is 115 Å². The lowest BCUT2D eigenvalue weighted by Crippen LogP contribution is -2.56. The summed E-state index contributed by atoms with van der Waals surface area (Å²) in [5.74, 6) is -1.81. The second-order valence-electron chi connectivity index (χ2n) is 4.18. The number of aliphatic hydroxyl groups excluding tert-OH is 1. The van der Waals surface area contributed by atoms with Gasteiger partial charge >= 0.3 is 5.97 Å². The van der Waals surface area contributed by atoms with Gasteiger partial charge in [0, 0.05) is 0 Å². The minimum absolute atomic E-state index is 0.147. The smallest absolute Gasteiger partial charge is 0.354 e. The highest BCUT2D eigenvalue weighted by molar-refractivity contribution is 6.02. The Morgan fingerprint density at radius 2 is 2.24 bits per heavy atom. The summed E-state index contributed by atoms with van der Waals surface area (Å²) in [6.45, 7) is -0.147. The number of nitrogens with zero attached hydrogens (tertiary/aromatic N) is 1. The van der Waals surface area contributed by atoms with Crippen LogP contribution in [0.1, 0.15) is 40.2 Å². The molecule has 0 aliphatic heterocycles. The molecule has 1 aromatic heterocycles. The van der Waals surface area contributed by atoms with Crippen LogP contribution < -0.4 is 5.32 Å². The average Bonchev–Trinajstić information content (AvgIpc) is 2.72. The number of carbonyl (C=O) groups is 2. The highest BCUT2D eigenvalue weighted by atomic mass is 16.4. The number of amides is 1. The summed E-state index contributed by atoms with van der Waals surface area (Å²) in [4.78, 5) is 28.7. The van der Waals surface area contributed by atoms with Gasteiger partial charge in [0.15, 0.2) is 11.4 Å². The molecule has 1 aromatic rings. The number of nitrogens with one attached hydrogen (secondary N) is 2. The lowest BCUT2D eigenvalue weighted by atomic mass is 9.77. The molecule has 1 aliphatic rings. The molecule has 0 spiro atoms. The minimum atomic E-state index is -1.24.